The summed E-state index contributed by atoms with van der Waals surface area (Å²) in [6.45, 7) is 22.3. The fourth-order valence-electron chi connectivity index (χ4n) is 3.63. The van der Waals surface area contributed by atoms with Crippen LogP contribution in [0.5, 0.6) is 23.0 Å². The normalized spacial score (nSPS) is 17.8. The van der Waals surface area contributed by atoms with Gasteiger partial charge in [0, 0.05) is 10.8 Å². The first kappa shape index (κ1) is 29.4. The molecule has 0 aromatic heterocycles. The largest absolute Gasteiger partial charge is 0.486 e. The van der Waals surface area contributed by atoms with Crippen molar-refractivity contribution in [2.75, 3.05) is 13.2 Å². The van der Waals surface area contributed by atoms with Gasteiger partial charge in [0.2, 0.25) is 0 Å². The Morgan fingerprint density at radius 1 is 0.528 bits per heavy atom. The first-order chi connectivity index (χ1) is 17.1. The topological polar surface area (TPSA) is 36.9 Å². The predicted molar refractivity (Wildman–Crippen MR) is 152 cm³/mol. The minimum atomic E-state index is 0.0866. The van der Waals surface area contributed by atoms with Gasteiger partial charge in [0.15, 0.2) is 23.0 Å². The zero-order chi connectivity index (χ0) is 26.9. The molecular weight excluding hydrogens is 448 g/mol. The van der Waals surface area contributed by atoms with E-state index in [1.165, 1.54) is 10.8 Å². The van der Waals surface area contributed by atoms with Gasteiger partial charge in [-0.2, -0.15) is 0 Å². The summed E-state index contributed by atoms with van der Waals surface area (Å²) < 4.78 is 23.4. The summed E-state index contributed by atoms with van der Waals surface area (Å²) in [6.07, 6.45) is 0.239. The van der Waals surface area contributed by atoms with Gasteiger partial charge in [0.25, 0.3) is 0 Å². The molecule has 0 fully saturated rings. The number of rotatable bonds is 0. The molecule has 0 bridgehead atoms. The Hall–Kier alpha value is -2.88. The number of hydrogen-bond acceptors (Lipinski definition) is 4. The first-order valence-electron chi connectivity index (χ1n) is 13.3. The highest BCUT2D eigenvalue weighted by atomic mass is 16.6. The molecule has 4 nitrogen and oxygen atoms in total. The van der Waals surface area contributed by atoms with Crippen molar-refractivity contribution in [1.82, 2.24) is 0 Å². The molecule has 0 saturated heterocycles. The van der Waals surface area contributed by atoms with E-state index in [-0.39, 0.29) is 23.0 Å². The Kier molecular flexibility index (Phi) is 10.5. The van der Waals surface area contributed by atoms with Gasteiger partial charge in [-0.25, -0.2) is 0 Å². The van der Waals surface area contributed by atoms with Crippen LogP contribution in [0.4, 0.5) is 0 Å². The summed E-state index contributed by atoms with van der Waals surface area (Å²) in [5.41, 5.74) is 0.205. The molecule has 0 saturated carbocycles. The van der Waals surface area contributed by atoms with Gasteiger partial charge in [-0.05, 0) is 35.0 Å². The van der Waals surface area contributed by atoms with Crippen LogP contribution in [0.15, 0.2) is 60.7 Å². The van der Waals surface area contributed by atoms with Gasteiger partial charge < -0.3 is 18.9 Å². The Bertz CT molecular complexity index is 1080. The Morgan fingerprint density at radius 3 is 1.42 bits per heavy atom. The first-order valence-corrected chi connectivity index (χ1v) is 13.3. The van der Waals surface area contributed by atoms with Crippen LogP contribution < -0.4 is 18.9 Å². The SMILES string of the molecule is CC.CC.CC(C)(C)C1COc2cc3ccccc3cc2O1.CC(C)(C)C1COc2ccccc2O1. The Labute approximate surface area is 218 Å². The standard InChI is InChI=1S/C16H18O2.C12H16O2.2C2H6/c1-16(2,3)15-10-17-13-8-11-6-4-5-7-12(11)9-14(13)18-15;1-12(2,3)11-8-13-9-6-4-5-7-10(9)14-11;2*1-2/h4-9,15H,10H2,1-3H3;4-7,11H,8H2,1-3H3;2*1-2H3. The van der Waals surface area contributed by atoms with Crippen molar-refractivity contribution in [1.29, 1.82) is 0 Å². The quantitative estimate of drug-likeness (QED) is 0.312. The fourth-order valence-corrected chi connectivity index (χ4v) is 3.63. The van der Waals surface area contributed by atoms with Crippen molar-refractivity contribution >= 4 is 10.8 Å². The van der Waals surface area contributed by atoms with Gasteiger partial charge in [-0.1, -0.05) is 106 Å². The lowest BCUT2D eigenvalue weighted by Crippen LogP contribution is -2.39. The van der Waals surface area contributed by atoms with Crippen molar-refractivity contribution in [2.45, 2.75) is 81.4 Å². The molecule has 2 aliphatic heterocycles. The van der Waals surface area contributed by atoms with E-state index in [1.54, 1.807) is 0 Å². The smallest absolute Gasteiger partial charge is 0.162 e. The van der Waals surface area contributed by atoms with Crippen molar-refractivity contribution in [2.24, 2.45) is 10.8 Å². The Morgan fingerprint density at radius 2 is 0.917 bits per heavy atom. The van der Waals surface area contributed by atoms with Crippen molar-refractivity contribution in [3.05, 3.63) is 60.7 Å². The van der Waals surface area contributed by atoms with Crippen molar-refractivity contribution < 1.29 is 18.9 Å². The minimum absolute atomic E-state index is 0.0866. The third-order valence-electron chi connectivity index (χ3n) is 5.91. The zero-order valence-electron chi connectivity index (χ0n) is 24.0. The van der Waals surface area contributed by atoms with E-state index in [1.807, 2.05) is 64.1 Å². The van der Waals surface area contributed by atoms with E-state index in [9.17, 15) is 0 Å². The van der Waals surface area contributed by atoms with E-state index in [0.29, 0.717) is 13.2 Å². The molecule has 2 aliphatic rings. The van der Waals surface area contributed by atoms with E-state index >= 15 is 0 Å². The van der Waals surface area contributed by atoms with E-state index in [0.717, 1.165) is 23.0 Å². The third-order valence-corrected chi connectivity index (χ3v) is 5.91. The van der Waals surface area contributed by atoms with E-state index in [2.05, 4.69) is 65.8 Å². The lowest BCUT2D eigenvalue weighted by Gasteiger charge is -2.35. The molecule has 4 heteroatoms. The molecule has 2 atom stereocenters. The average Bonchev–Trinajstić information content (AvgIpc) is 2.88. The summed E-state index contributed by atoms with van der Waals surface area (Å²) in [7, 11) is 0. The van der Waals surface area contributed by atoms with Crippen LogP contribution in [-0.2, 0) is 0 Å². The second kappa shape index (κ2) is 12.9. The third kappa shape index (κ3) is 7.56. The molecule has 5 rings (SSSR count). The lowest BCUT2D eigenvalue weighted by atomic mass is 9.89. The summed E-state index contributed by atoms with van der Waals surface area (Å²) >= 11 is 0. The number of hydrogen-bond donors (Lipinski definition) is 0. The molecule has 198 valence electrons. The van der Waals surface area contributed by atoms with Crippen LogP contribution >= 0.6 is 0 Å². The van der Waals surface area contributed by atoms with Crippen LogP contribution in [-0.4, -0.2) is 25.4 Å². The molecule has 0 amide bonds. The molecule has 0 aliphatic carbocycles. The van der Waals surface area contributed by atoms with Crippen LogP contribution in [0.1, 0.15) is 69.2 Å². The maximum absolute atomic E-state index is 6.08. The second-order valence-corrected chi connectivity index (χ2v) is 10.7. The molecule has 36 heavy (non-hydrogen) atoms. The zero-order valence-corrected chi connectivity index (χ0v) is 24.0. The van der Waals surface area contributed by atoms with E-state index in [4.69, 9.17) is 18.9 Å². The van der Waals surface area contributed by atoms with Crippen LogP contribution in [0, 0.1) is 10.8 Å². The van der Waals surface area contributed by atoms with Crippen LogP contribution in [0.2, 0.25) is 0 Å². The average molecular weight is 495 g/mol. The van der Waals surface area contributed by atoms with Gasteiger partial charge in [-0.15, -0.1) is 0 Å². The monoisotopic (exact) mass is 494 g/mol. The molecular formula is C32H46O4. The van der Waals surface area contributed by atoms with Crippen LogP contribution in [0.25, 0.3) is 10.8 Å². The summed E-state index contributed by atoms with van der Waals surface area (Å²) in [5, 5.41) is 2.38. The van der Waals surface area contributed by atoms with Crippen molar-refractivity contribution in [3.63, 3.8) is 0 Å². The van der Waals surface area contributed by atoms with Crippen molar-refractivity contribution in [3.8, 4) is 23.0 Å². The maximum Gasteiger partial charge on any atom is 0.162 e. The molecule has 3 aromatic carbocycles. The maximum atomic E-state index is 6.08. The minimum Gasteiger partial charge on any atom is -0.486 e. The second-order valence-electron chi connectivity index (χ2n) is 10.7. The Balaban J connectivity index is 0.000000228. The molecule has 2 unspecified atom stereocenters. The summed E-state index contributed by atoms with van der Waals surface area (Å²) in [6, 6.07) is 20.2. The number of ether oxygens (including phenoxy) is 4. The molecule has 0 spiro atoms. The van der Waals surface area contributed by atoms with Crippen LogP contribution in [0.3, 0.4) is 0 Å². The summed E-state index contributed by atoms with van der Waals surface area (Å²) in [4.78, 5) is 0. The number of para-hydroxylation sites is 2. The number of benzene rings is 3. The highest BCUT2D eigenvalue weighted by molar-refractivity contribution is 5.86. The van der Waals surface area contributed by atoms with Gasteiger partial charge in [-0.3, -0.25) is 0 Å². The van der Waals surface area contributed by atoms with Gasteiger partial charge >= 0.3 is 0 Å². The number of fused-ring (bicyclic) bond motifs is 3. The van der Waals surface area contributed by atoms with Gasteiger partial charge in [0.05, 0.1) is 0 Å². The van der Waals surface area contributed by atoms with Gasteiger partial charge in [0.1, 0.15) is 25.4 Å². The molecule has 2 heterocycles. The lowest BCUT2D eigenvalue weighted by molar-refractivity contribution is 0.0163. The van der Waals surface area contributed by atoms with E-state index < -0.39 is 0 Å². The highest BCUT2D eigenvalue weighted by Crippen LogP contribution is 2.39. The molecule has 3 aromatic rings. The molecule has 0 N–H and O–H groups in total. The molecule has 0 radical (unpaired) electrons. The predicted octanol–water partition coefficient (Wildman–Crippen LogP) is 8.95. The fraction of sp³-hybridized carbons (Fsp3) is 0.500. The summed E-state index contributed by atoms with van der Waals surface area (Å²) in [5.74, 6) is 3.43. The highest BCUT2D eigenvalue weighted by Gasteiger charge is 2.32.